The summed E-state index contributed by atoms with van der Waals surface area (Å²) < 4.78 is 1.29. The molecule has 6 nitrogen and oxygen atoms in total. The summed E-state index contributed by atoms with van der Waals surface area (Å²) >= 11 is 3.21. The fourth-order valence-corrected chi connectivity index (χ4v) is 3.23. The van der Waals surface area contributed by atoms with Crippen LogP contribution in [0.25, 0.3) is 0 Å². The number of thioether (sulfide) groups is 1. The van der Waals surface area contributed by atoms with Gasteiger partial charge < -0.3 is 5.11 Å². The Morgan fingerprint density at radius 3 is 2.94 bits per heavy atom. The number of hydrogen-bond donors (Lipinski definition) is 1. The van der Waals surface area contributed by atoms with E-state index in [9.17, 15) is 4.79 Å². The van der Waals surface area contributed by atoms with E-state index < -0.39 is 5.97 Å². The Bertz CT molecular complexity index is 537. The number of rotatable bonds is 6. The first-order valence-corrected chi connectivity index (χ1v) is 7.17. The first-order valence-electron chi connectivity index (χ1n) is 5.37. The Labute approximate surface area is 112 Å². The van der Waals surface area contributed by atoms with Crippen LogP contribution in [-0.4, -0.2) is 31.3 Å². The third-order valence-corrected chi connectivity index (χ3v) is 4.61. The number of carbonyl (C=O) groups is 1. The Hall–Kier alpha value is -1.41. The fourth-order valence-electron chi connectivity index (χ4n) is 1.35. The molecule has 2 heterocycles. The average molecular weight is 284 g/mol. The summed E-state index contributed by atoms with van der Waals surface area (Å²) in [5.41, 5.74) is 0. The number of tetrazole rings is 1. The van der Waals surface area contributed by atoms with Crippen LogP contribution in [-0.2, 0) is 23.5 Å². The molecule has 8 heteroatoms. The first-order chi connectivity index (χ1) is 8.69. The van der Waals surface area contributed by atoms with E-state index in [0.717, 1.165) is 12.2 Å². The fraction of sp³-hybridized carbons (Fsp3) is 0.400. The predicted octanol–water partition coefficient (Wildman–Crippen LogP) is 1.67. The Balaban J connectivity index is 1.97. The summed E-state index contributed by atoms with van der Waals surface area (Å²) in [6.45, 7) is 1.91. The van der Waals surface area contributed by atoms with Crippen molar-refractivity contribution < 1.29 is 9.90 Å². The number of hydrogen-bond acceptors (Lipinski definition) is 6. The van der Waals surface area contributed by atoms with Gasteiger partial charge in [0, 0.05) is 15.5 Å². The van der Waals surface area contributed by atoms with Gasteiger partial charge in [-0.1, -0.05) is 18.7 Å². The zero-order valence-corrected chi connectivity index (χ0v) is 11.4. The molecule has 0 aliphatic heterocycles. The molecule has 0 aromatic carbocycles. The molecule has 0 aliphatic carbocycles. The second kappa shape index (κ2) is 5.96. The monoisotopic (exact) mass is 284 g/mol. The van der Waals surface area contributed by atoms with E-state index in [4.69, 9.17) is 5.11 Å². The second-order valence-electron chi connectivity index (χ2n) is 3.52. The van der Waals surface area contributed by atoms with E-state index in [-0.39, 0.29) is 6.54 Å². The Kier molecular flexibility index (Phi) is 4.32. The highest BCUT2D eigenvalue weighted by atomic mass is 32.2. The molecule has 0 aliphatic rings. The van der Waals surface area contributed by atoms with Crippen molar-refractivity contribution in [2.75, 3.05) is 0 Å². The molecular weight excluding hydrogens is 272 g/mol. The smallest absolute Gasteiger partial charge is 0.325 e. The highest BCUT2D eigenvalue weighted by Gasteiger charge is 2.10. The quantitative estimate of drug-likeness (QED) is 0.813. The average Bonchev–Trinajstić information content (AvgIpc) is 2.94. The number of aliphatic carboxylic acids is 1. The van der Waals surface area contributed by atoms with Crippen LogP contribution in [0.5, 0.6) is 0 Å². The van der Waals surface area contributed by atoms with Crippen molar-refractivity contribution in [1.82, 2.24) is 20.2 Å². The zero-order valence-electron chi connectivity index (χ0n) is 9.74. The van der Waals surface area contributed by atoms with Crippen molar-refractivity contribution in [3.8, 4) is 0 Å². The maximum absolute atomic E-state index is 10.6. The van der Waals surface area contributed by atoms with Gasteiger partial charge in [-0.05, 0) is 29.0 Å². The number of aryl methyl sites for hydroxylation is 1. The van der Waals surface area contributed by atoms with Crippen LogP contribution in [0.4, 0.5) is 0 Å². The lowest BCUT2D eigenvalue weighted by Gasteiger charge is -1.99. The number of carboxylic acid groups (broad SMARTS) is 1. The number of nitrogens with zero attached hydrogens (tertiary/aromatic N) is 4. The molecule has 0 saturated heterocycles. The van der Waals surface area contributed by atoms with Gasteiger partial charge in [0.15, 0.2) is 0 Å². The third kappa shape index (κ3) is 3.30. The van der Waals surface area contributed by atoms with Gasteiger partial charge in [-0.15, -0.1) is 16.4 Å². The standard InChI is InChI=1S/C10H12N4O2S2/c1-2-7-3-4-8(18-7)6-17-10-11-12-13-14(10)5-9(15)16/h3-4H,2,5-6H2,1H3,(H,15,16). The lowest BCUT2D eigenvalue weighted by Crippen LogP contribution is -2.11. The molecule has 0 fully saturated rings. The summed E-state index contributed by atoms with van der Waals surface area (Å²) in [5, 5.41) is 20.2. The van der Waals surface area contributed by atoms with Crippen LogP contribution >= 0.6 is 23.1 Å². The van der Waals surface area contributed by atoms with Crippen LogP contribution in [0, 0.1) is 0 Å². The lowest BCUT2D eigenvalue weighted by molar-refractivity contribution is -0.138. The van der Waals surface area contributed by atoms with Gasteiger partial charge in [0.1, 0.15) is 6.54 Å². The molecule has 2 aromatic rings. The number of carboxylic acids is 1. The van der Waals surface area contributed by atoms with Crippen molar-refractivity contribution in [1.29, 1.82) is 0 Å². The van der Waals surface area contributed by atoms with Gasteiger partial charge in [-0.2, -0.15) is 0 Å². The highest BCUT2D eigenvalue weighted by molar-refractivity contribution is 7.98. The maximum Gasteiger partial charge on any atom is 0.325 e. The van der Waals surface area contributed by atoms with Crippen LogP contribution < -0.4 is 0 Å². The van der Waals surface area contributed by atoms with Crippen molar-refractivity contribution in [3.05, 3.63) is 21.9 Å². The minimum absolute atomic E-state index is 0.208. The van der Waals surface area contributed by atoms with Gasteiger partial charge >= 0.3 is 5.97 Å². The molecule has 0 radical (unpaired) electrons. The second-order valence-corrected chi connectivity index (χ2v) is 5.72. The summed E-state index contributed by atoms with van der Waals surface area (Å²) in [4.78, 5) is 13.2. The number of thiophene rings is 1. The summed E-state index contributed by atoms with van der Waals surface area (Å²) in [7, 11) is 0. The van der Waals surface area contributed by atoms with Crippen molar-refractivity contribution in [2.45, 2.75) is 30.8 Å². The van der Waals surface area contributed by atoms with Gasteiger partial charge in [-0.25, -0.2) is 4.68 Å². The van der Waals surface area contributed by atoms with E-state index in [1.54, 1.807) is 11.3 Å². The molecule has 0 saturated carbocycles. The van der Waals surface area contributed by atoms with Crippen LogP contribution in [0.1, 0.15) is 16.7 Å². The molecule has 0 atom stereocenters. The molecule has 0 unspecified atom stereocenters. The van der Waals surface area contributed by atoms with Crippen LogP contribution in [0.3, 0.4) is 0 Å². The lowest BCUT2D eigenvalue weighted by atomic mass is 10.4. The van der Waals surface area contributed by atoms with E-state index in [1.165, 1.54) is 26.2 Å². The molecule has 2 aromatic heterocycles. The summed E-state index contributed by atoms with van der Waals surface area (Å²) in [6, 6.07) is 4.20. The Morgan fingerprint density at radius 2 is 2.28 bits per heavy atom. The van der Waals surface area contributed by atoms with Crippen molar-refractivity contribution in [2.24, 2.45) is 0 Å². The normalized spacial score (nSPS) is 10.7. The zero-order chi connectivity index (χ0) is 13.0. The van der Waals surface area contributed by atoms with E-state index >= 15 is 0 Å². The van der Waals surface area contributed by atoms with E-state index in [0.29, 0.717) is 5.16 Å². The predicted molar refractivity (Wildman–Crippen MR) is 68.7 cm³/mol. The molecule has 18 heavy (non-hydrogen) atoms. The largest absolute Gasteiger partial charge is 0.480 e. The Morgan fingerprint density at radius 1 is 1.50 bits per heavy atom. The molecule has 0 bridgehead atoms. The van der Waals surface area contributed by atoms with Gasteiger partial charge in [-0.3, -0.25) is 4.79 Å². The highest BCUT2D eigenvalue weighted by Crippen LogP contribution is 2.25. The van der Waals surface area contributed by atoms with E-state index in [1.807, 2.05) is 0 Å². The van der Waals surface area contributed by atoms with E-state index in [2.05, 4.69) is 34.6 Å². The molecule has 1 N–H and O–H groups in total. The minimum Gasteiger partial charge on any atom is -0.480 e. The maximum atomic E-state index is 10.6. The van der Waals surface area contributed by atoms with Gasteiger partial charge in [0.2, 0.25) is 5.16 Å². The topological polar surface area (TPSA) is 80.9 Å². The van der Waals surface area contributed by atoms with Crippen molar-refractivity contribution in [3.63, 3.8) is 0 Å². The van der Waals surface area contributed by atoms with Gasteiger partial charge in [0.25, 0.3) is 0 Å². The van der Waals surface area contributed by atoms with Crippen LogP contribution in [0.2, 0.25) is 0 Å². The summed E-state index contributed by atoms with van der Waals surface area (Å²) in [5.74, 6) is -0.196. The number of aromatic nitrogens is 4. The first kappa shape index (κ1) is 13.0. The molecule has 0 amide bonds. The molecule has 96 valence electrons. The molecular formula is C10H12N4O2S2. The third-order valence-electron chi connectivity index (χ3n) is 2.19. The molecule has 2 rings (SSSR count). The molecule has 0 spiro atoms. The van der Waals surface area contributed by atoms with Crippen molar-refractivity contribution >= 4 is 29.1 Å². The summed E-state index contributed by atoms with van der Waals surface area (Å²) in [6.07, 6.45) is 1.03. The van der Waals surface area contributed by atoms with Crippen LogP contribution in [0.15, 0.2) is 17.3 Å². The SMILES string of the molecule is CCc1ccc(CSc2nnnn2CC(=O)O)s1. The minimum atomic E-state index is -0.950. The van der Waals surface area contributed by atoms with Gasteiger partial charge in [0.05, 0.1) is 0 Å².